The molecule has 0 atom stereocenters. The molecule has 0 radical (unpaired) electrons. The maximum Gasteiger partial charge on any atom is 0.322 e. The Morgan fingerprint density at radius 2 is 1.65 bits per heavy atom. The average Bonchev–Trinajstić information content (AvgIpc) is 3.24. The van der Waals surface area contributed by atoms with E-state index in [9.17, 15) is 9.59 Å². The Labute approximate surface area is 202 Å². The summed E-state index contributed by atoms with van der Waals surface area (Å²) in [6.45, 7) is 10.7. The fourth-order valence-electron chi connectivity index (χ4n) is 3.63. The van der Waals surface area contributed by atoms with Crippen LogP contribution in [0.4, 0.5) is 16.3 Å². The third kappa shape index (κ3) is 6.25. The summed E-state index contributed by atoms with van der Waals surface area (Å²) < 4.78 is 1.74. The van der Waals surface area contributed by atoms with Crippen molar-refractivity contribution < 1.29 is 9.59 Å². The van der Waals surface area contributed by atoms with Crippen molar-refractivity contribution in [1.29, 1.82) is 0 Å². The SMILES string of the molecule is CCCN(CC(=O)Nc1cc(C(C)(C)C)nn1-c1ccccc1)C(=O)Nc1ccccc1CC. The maximum absolute atomic E-state index is 13.0. The van der Waals surface area contributed by atoms with Crippen LogP contribution in [0, 0.1) is 0 Å². The van der Waals surface area contributed by atoms with Gasteiger partial charge >= 0.3 is 6.03 Å². The van der Waals surface area contributed by atoms with Gasteiger partial charge in [-0.25, -0.2) is 9.48 Å². The molecule has 1 heterocycles. The van der Waals surface area contributed by atoms with Crippen LogP contribution in [-0.2, 0) is 16.6 Å². The third-order valence-electron chi connectivity index (χ3n) is 5.50. The Kier molecular flexibility index (Phi) is 8.10. The first-order valence-corrected chi connectivity index (χ1v) is 11.8. The van der Waals surface area contributed by atoms with Crippen molar-refractivity contribution in [3.05, 3.63) is 71.9 Å². The summed E-state index contributed by atoms with van der Waals surface area (Å²) in [4.78, 5) is 27.6. The van der Waals surface area contributed by atoms with Crippen LogP contribution in [0.25, 0.3) is 5.69 Å². The van der Waals surface area contributed by atoms with Gasteiger partial charge in [-0.1, -0.05) is 71.0 Å². The lowest BCUT2D eigenvalue weighted by Crippen LogP contribution is -2.41. The van der Waals surface area contributed by atoms with Gasteiger partial charge in [0.1, 0.15) is 12.4 Å². The van der Waals surface area contributed by atoms with E-state index in [1.165, 1.54) is 4.90 Å². The van der Waals surface area contributed by atoms with Gasteiger partial charge in [-0.05, 0) is 36.6 Å². The Hall–Kier alpha value is -3.61. The summed E-state index contributed by atoms with van der Waals surface area (Å²) in [6, 6.07) is 19.0. The Morgan fingerprint density at radius 3 is 2.29 bits per heavy atom. The third-order valence-corrected chi connectivity index (χ3v) is 5.50. The number of benzene rings is 2. The largest absolute Gasteiger partial charge is 0.322 e. The molecule has 2 aromatic carbocycles. The number of amides is 3. The Morgan fingerprint density at radius 1 is 0.971 bits per heavy atom. The molecular formula is C27H35N5O2. The van der Waals surface area contributed by atoms with Crippen LogP contribution < -0.4 is 10.6 Å². The number of rotatable bonds is 8. The quantitative estimate of drug-likeness (QED) is 0.457. The molecular weight excluding hydrogens is 426 g/mol. The number of nitrogens with zero attached hydrogens (tertiary/aromatic N) is 3. The Balaban J connectivity index is 1.78. The van der Waals surface area contributed by atoms with Crippen LogP contribution in [0.2, 0.25) is 0 Å². The first-order valence-electron chi connectivity index (χ1n) is 11.8. The van der Waals surface area contributed by atoms with Crippen LogP contribution in [0.5, 0.6) is 0 Å². The number of nitrogens with one attached hydrogen (secondary N) is 2. The van der Waals surface area contributed by atoms with E-state index in [0.29, 0.717) is 12.4 Å². The number of hydrogen-bond acceptors (Lipinski definition) is 3. The molecule has 3 aromatic rings. The second-order valence-corrected chi connectivity index (χ2v) is 9.32. The first-order chi connectivity index (χ1) is 16.2. The van der Waals surface area contributed by atoms with Crippen molar-refractivity contribution in [1.82, 2.24) is 14.7 Å². The molecule has 3 amide bonds. The molecule has 2 N–H and O–H groups in total. The van der Waals surface area contributed by atoms with E-state index in [1.54, 1.807) is 4.68 Å². The van der Waals surface area contributed by atoms with E-state index in [0.717, 1.165) is 35.5 Å². The maximum atomic E-state index is 13.0. The van der Waals surface area contributed by atoms with Gasteiger partial charge in [0.05, 0.1) is 11.4 Å². The molecule has 0 aliphatic rings. The summed E-state index contributed by atoms with van der Waals surface area (Å²) in [5.41, 5.74) is 3.37. The lowest BCUT2D eigenvalue weighted by Gasteiger charge is -2.23. The standard InChI is InChI=1S/C27H35N5O2/c1-6-17-31(26(34)28-22-16-12-11-13-20(22)7-2)19-25(33)29-24-18-23(27(3,4)5)30-32(24)21-14-9-8-10-15-21/h8-16,18H,6-7,17,19H2,1-5H3,(H,28,34)(H,29,33). The zero-order chi connectivity index (χ0) is 24.7. The van der Waals surface area contributed by atoms with Crippen molar-refractivity contribution >= 4 is 23.4 Å². The minimum Gasteiger partial charge on any atom is -0.315 e. The second-order valence-electron chi connectivity index (χ2n) is 9.32. The number of anilines is 2. The summed E-state index contributed by atoms with van der Waals surface area (Å²) in [5.74, 6) is 0.305. The normalized spacial score (nSPS) is 11.2. The van der Waals surface area contributed by atoms with E-state index in [1.807, 2.05) is 74.5 Å². The molecule has 0 fully saturated rings. The highest BCUT2D eigenvalue weighted by Crippen LogP contribution is 2.26. The van der Waals surface area contributed by atoms with Gasteiger partial charge in [0.25, 0.3) is 0 Å². The first kappa shape index (κ1) is 25.0. The molecule has 0 saturated carbocycles. The van der Waals surface area contributed by atoms with Gasteiger partial charge in [-0.3, -0.25) is 4.79 Å². The number of carbonyl (C=O) groups excluding carboxylic acids is 2. The minimum absolute atomic E-state index is 0.0568. The molecule has 0 saturated heterocycles. The van der Waals surface area contributed by atoms with E-state index in [-0.39, 0.29) is 23.9 Å². The van der Waals surface area contributed by atoms with Crippen LogP contribution in [-0.4, -0.2) is 39.7 Å². The monoisotopic (exact) mass is 461 g/mol. The highest BCUT2D eigenvalue weighted by molar-refractivity contribution is 5.97. The molecule has 0 unspecified atom stereocenters. The fraction of sp³-hybridized carbons (Fsp3) is 0.370. The molecule has 0 bridgehead atoms. The zero-order valence-corrected chi connectivity index (χ0v) is 20.8. The van der Waals surface area contributed by atoms with Crippen LogP contribution in [0.15, 0.2) is 60.7 Å². The number of aromatic nitrogens is 2. The van der Waals surface area contributed by atoms with Crippen molar-refractivity contribution in [2.24, 2.45) is 0 Å². The molecule has 1 aromatic heterocycles. The van der Waals surface area contributed by atoms with Gasteiger partial charge < -0.3 is 15.5 Å². The van der Waals surface area contributed by atoms with E-state index >= 15 is 0 Å². The summed E-state index contributed by atoms with van der Waals surface area (Å²) >= 11 is 0. The lowest BCUT2D eigenvalue weighted by atomic mass is 9.92. The van der Waals surface area contributed by atoms with Gasteiger partial charge in [0, 0.05) is 23.7 Å². The molecule has 3 rings (SSSR count). The van der Waals surface area contributed by atoms with Crippen molar-refractivity contribution in [3.63, 3.8) is 0 Å². The smallest absolute Gasteiger partial charge is 0.315 e. The molecule has 0 spiro atoms. The molecule has 0 aliphatic carbocycles. The van der Waals surface area contributed by atoms with E-state index < -0.39 is 0 Å². The number of aryl methyl sites for hydroxylation is 1. The Bertz CT molecular complexity index is 1120. The summed E-state index contributed by atoms with van der Waals surface area (Å²) in [5, 5.41) is 10.7. The van der Waals surface area contributed by atoms with Crippen molar-refractivity contribution in [2.45, 2.75) is 52.9 Å². The van der Waals surface area contributed by atoms with E-state index in [4.69, 9.17) is 5.10 Å². The highest BCUT2D eigenvalue weighted by atomic mass is 16.2. The molecule has 0 aliphatic heterocycles. The van der Waals surface area contributed by atoms with Crippen molar-refractivity contribution in [2.75, 3.05) is 23.7 Å². The van der Waals surface area contributed by atoms with Gasteiger partial charge in [-0.15, -0.1) is 0 Å². The summed E-state index contributed by atoms with van der Waals surface area (Å²) in [7, 11) is 0. The number of para-hydroxylation sites is 2. The van der Waals surface area contributed by atoms with Gasteiger partial charge in [0.15, 0.2) is 0 Å². The molecule has 7 heteroatoms. The van der Waals surface area contributed by atoms with Crippen LogP contribution in [0.1, 0.15) is 52.3 Å². The van der Waals surface area contributed by atoms with Crippen LogP contribution >= 0.6 is 0 Å². The number of urea groups is 1. The number of carbonyl (C=O) groups is 2. The zero-order valence-electron chi connectivity index (χ0n) is 20.8. The number of hydrogen-bond donors (Lipinski definition) is 2. The fourth-order valence-corrected chi connectivity index (χ4v) is 3.63. The van der Waals surface area contributed by atoms with E-state index in [2.05, 4.69) is 31.4 Å². The van der Waals surface area contributed by atoms with Crippen molar-refractivity contribution in [3.8, 4) is 5.69 Å². The topological polar surface area (TPSA) is 79.3 Å². The molecule has 7 nitrogen and oxygen atoms in total. The van der Waals surface area contributed by atoms with Gasteiger partial charge in [-0.2, -0.15) is 5.10 Å². The van der Waals surface area contributed by atoms with Crippen LogP contribution in [0.3, 0.4) is 0 Å². The highest BCUT2D eigenvalue weighted by Gasteiger charge is 2.23. The second kappa shape index (κ2) is 11.0. The lowest BCUT2D eigenvalue weighted by molar-refractivity contribution is -0.116. The summed E-state index contributed by atoms with van der Waals surface area (Å²) in [6.07, 6.45) is 1.55. The molecule has 180 valence electrons. The predicted octanol–water partition coefficient (Wildman–Crippen LogP) is 5.61. The predicted molar refractivity (Wildman–Crippen MR) is 138 cm³/mol. The average molecular weight is 462 g/mol. The minimum atomic E-state index is -0.287. The van der Waals surface area contributed by atoms with Gasteiger partial charge in [0.2, 0.25) is 5.91 Å². The molecule has 34 heavy (non-hydrogen) atoms.